The largest absolute Gasteiger partial charge is 0.507 e. The van der Waals surface area contributed by atoms with Crippen LogP contribution in [0.5, 0.6) is 28.7 Å². The molecule has 0 heterocycles. The average Bonchev–Trinajstić information content (AvgIpc) is 3.07. The molecular weight excluding hydrogens is 805 g/mol. The molecule has 0 fully saturated rings. The molecule has 65 heavy (non-hydrogen) atoms. The van der Waals surface area contributed by atoms with Gasteiger partial charge in [-0.1, -0.05) is 203 Å². The predicted octanol–water partition coefficient (Wildman–Crippen LogP) is 15.2. The average molecular weight is 891 g/mol. The topological polar surface area (TPSA) is 107 Å². The predicted molar refractivity (Wildman–Crippen MR) is 272 cm³/mol. The highest BCUT2D eigenvalue weighted by Gasteiger charge is 2.45. The number of phenols is 4. The van der Waals surface area contributed by atoms with Gasteiger partial charge in [0.05, 0.1) is 11.8 Å². The van der Waals surface area contributed by atoms with Crippen molar-refractivity contribution in [2.45, 2.75) is 221 Å². The molecule has 0 spiro atoms. The number of carbonyl (C=O) groups is 1. The Labute approximate surface area is 394 Å². The van der Waals surface area contributed by atoms with Gasteiger partial charge in [0.2, 0.25) is 0 Å². The van der Waals surface area contributed by atoms with Crippen LogP contribution in [0.1, 0.15) is 234 Å². The Morgan fingerprint density at radius 3 is 0.677 bits per heavy atom. The summed E-state index contributed by atoms with van der Waals surface area (Å²) < 4.78 is 6.62. The molecule has 4 aromatic rings. The Morgan fingerprint density at radius 2 is 0.508 bits per heavy atom. The second-order valence-corrected chi connectivity index (χ2v) is 27.2. The van der Waals surface area contributed by atoms with Crippen molar-refractivity contribution in [1.82, 2.24) is 0 Å². The third-order valence-corrected chi connectivity index (χ3v) is 13.0. The molecule has 4 aromatic carbocycles. The Morgan fingerprint density at radius 1 is 0.338 bits per heavy atom. The zero-order valence-corrected chi connectivity index (χ0v) is 44.9. The number of hydrogen-bond acceptors (Lipinski definition) is 6. The van der Waals surface area contributed by atoms with E-state index in [2.05, 4.69) is 161 Å². The van der Waals surface area contributed by atoms with Gasteiger partial charge in [-0.25, -0.2) is 0 Å². The number of phenolic OH excluding ortho intramolecular Hbond substituents is 4. The molecule has 0 aliphatic heterocycles. The van der Waals surface area contributed by atoms with Gasteiger partial charge in [0.1, 0.15) is 28.7 Å². The first kappa shape index (κ1) is 53.2. The first-order chi connectivity index (χ1) is 28.8. The van der Waals surface area contributed by atoms with Crippen molar-refractivity contribution in [1.29, 1.82) is 0 Å². The summed E-state index contributed by atoms with van der Waals surface area (Å²) in [5, 5.41) is 48.5. The summed E-state index contributed by atoms with van der Waals surface area (Å²) in [7, 11) is 0. The molecule has 0 bridgehead atoms. The van der Waals surface area contributed by atoms with Crippen molar-refractivity contribution in [3.05, 3.63) is 110 Å². The van der Waals surface area contributed by atoms with E-state index < -0.39 is 54.7 Å². The van der Waals surface area contributed by atoms with E-state index in [0.29, 0.717) is 16.9 Å². The van der Waals surface area contributed by atoms with Gasteiger partial charge in [-0.05, 0) is 106 Å². The molecule has 0 aliphatic carbocycles. The minimum atomic E-state index is -1.34. The second-order valence-electron chi connectivity index (χ2n) is 27.2. The first-order valence-corrected chi connectivity index (χ1v) is 23.6. The van der Waals surface area contributed by atoms with Gasteiger partial charge in [-0.15, -0.1) is 0 Å². The smallest absolute Gasteiger partial charge is 0.312 e. The van der Waals surface area contributed by atoms with E-state index in [1.54, 1.807) is 12.1 Å². The van der Waals surface area contributed by atoms with Gasteiger partial charge in [0.15, 0.2) is 0 Å². The molecule has 0 radical (unpaired) electrons. The number of benzene rings is 4. The molecule has 0 saturated heterocycles. The van der Waals surface area contributed by atoms with E-state index >= 15 is 4.79 Å². The van der Waals surface area contributed by atoms with Crippen LogP contribution < -0.4 is 4.74 Å². The number of rotatable bonds is 6. The molecule has 0 aromatic heterocycles. The SMILES string of the molecule is CC(C)(C)c1cc(OC(=O)CC(c2cc(C(C)(C)C)c(O)c(C(C)(C)C)c2)(c2cc(C(C)(C)C)c(O)c(C(C)(C)C)c2)c2cc(C(C)(C)C)c(O)c(C(C)(C)C)c2)cc(C(C)(C)C)c1O. The first-order valence-electron chi connectivity index (χ1n) is 23.6. The van der Waals surface area contributed by atoms with Crippen LogP contribution in [0.3, 0.4) is 0 Å². The molecule has 0 amide bonds. The van der Waals surface area contributed by atoms with Gasteiger partial charge in [-0.2, -0.15) is 0 Å². The summed E-state index contributed by atoms with van der Waals surface area (Å²) in [5.74, 6) is 0.657. The fourth-order valence-electron chi connectivity index (χ4n) is 9.07. The lowest BCUT2D eigenvalue weighted by Gasteiger charge is -2.41. The standard InChI is InChI=1S/C59H86O6/c1-51(2,3)38-25-34(26-39(47(38)61)52(4,5)6)59(35-27-40(53(7,8)9)48(62)41(28-35)54(10,11)12,36-29-42(55(13,14)15)49(63)43(30-36)56(16,17)18)33-46(60)65-37-31-44(57(19,20)21)50(64)45(32-37)58(22,23)24/h25-32,61-64H,33H2,1-24H3. The number of aromatic hydroxyl groups is 4. The van der Waals surface area contributed by atoms with Crippen LogP contribution in [0, 0.1) is 0 Å². The van der Waals surface area contributed by atoms with Gasteiger partial charge in [0, 0.05) is 11.1 Å². The molecule has 358 valence electrons. The maximum Gasteiger partial charge on any atom is 0.312 e. The summed E-state index contributed by atoms with van der Waals surface area (Å²) in [6.45, 7) is 49.8. The number of carbonyl (C=O) groups excluding carboxylic acids is 1. The van der Waals surface area contributed by atoms with Crippen molar-refractivity contribution < 1.29 is 30.0 Å². The molecule has 6 heteroatoms. The quantitative estimate of drug-likeness (QED) is 0.0873. The van der Waals surface area contributed by atoms with Crippen LogP contribution in [0.4, 0.5) is 0 Å². The van der Waals surface area contributed by atoms with Gasteiger partial charge in [0.25, 0.3) is 0 Å². The van der Waals surface area contributed by atoms with E-state index in [4.69, 9.17) is 4.74 Å². The van der Waals surface area contributed by atoms with Gasteiger partial charge < -0.3 is 25.2 Å². The summed E-state index contributed by atoms with van der Waals surface area (Å²) >= 11 is 0. The lowest BCUT2D eigenvalue weighted by Crippen LogP contribution is -2.37. The fourth-order valence-corrected chi connectivity index (χ4v) is 9.07. The molecular formula is C59H86O6. The van der Waals surface area contributed by atoms with Crippen LogP contribution in [-0.4, -0.2) is 26.4 Å². The number of hydrogen-bond donors (Lipinski definition) is 4. The van der Waals surface area contributed by atoms with Crippen LogP contribution in [0.2, 0.25) is 0 Å². The van der Waals surface area contributed by atoms with E-state index in [9.17, 15) is 20.4 Å². The van der Waals surface area contributed by atoms with E-state index in [1.807, 2.05) is 41.5 Å². The highest BCUT2D eigenvalue weighted by atomic mass is 16.5. The normalized spacial score (nSPS) is 13.9. The van der Waals surface area contributed by atoms with Gasteiger partial charge >= 0.3 is 5.97 Å². The third-order valence-electron chi connectivity index (χ3n) is 13.0. The van der Waals surface area contributed by atoms with Crippen molar-refractivity contribution in [2.24, 2.45) is 0 Å². The second kappa shape index (κ2) is 16.7. The zero-order chi connectivity index (χ0) is 50.4. The number of ether oxygens (including phenoxy) is 1. The lowest BCUT2D eigenvalue weighted by molar-refractivity contribution is -0.135. The van der Waals surface area contributed by atoms with E-state index in [1.165, 1.54) is 0 Å². The Kier molecular flexibility index (Phi) is 13.7. The van der Waals surface area contributed by atoms with Crippen LogP contribution in [-0.2, 0) is 53.5 Å². The van der Waals surface area contributed by atoms with Crippen molar-refractivity contribution in [3.63, 3.8) is 0 Å². The Bertz CT molecular complexity index is 2100. The van der Waals surface area contributed by atoms with Crippen LogP contribution in [0.25, 0.3) is 0 Å². The lowest BCUT2D eigenvalue weighted by atomic mass is 9.62. The summed E-state index contributed by atoms with van der Waals surface area (Å²) in [6, 6.07) is 16.0. The summed E-state index contributed by atoms with van der Waals surface area (Å²) in [5.41, 5.74) is 2.68. The maximum absolute atomic E-state index is 15.6. The Balaban J connectivity index is 2.45. The monoisotopic (exact) mass is 891 g/mol. The van der Waals surface area contributed by atoms with Crippen LogP contribution >= 0.6 is 0 Å². The Hall–Kier alpha value is -4.45. The van der Waals surface area contributed by atoms with E-state index in [-0.39, 0.29) is 29.4 Å². The minimum Gasteiger partial charge on any atom is -0.507 e. The zero-order valence-electron chi connectivity index (χ0n) is 44.9. The fraction of sp³-hybridized carbons (Fsp3) is 0.576. The van der Waals surface area contributed by atoms with Crippen molar-refractivity contribution >= 4 is 5.97 Å². The van der Waals surface area contributed by atoms with Gasteiger partial charge in [-0.3, -0.25) is 4.79 Å². The minimum absolute atomic E-state index is 0.190. The molecule has 0 unspecified atom stereocenters. The molecule has 4 rings (SSSR count). The molecule has 0 aliphatic rings. The summed E-state index contributed by atoms with van der Waals surface area (Å²) in [4.78, 5) is 15.6. The summed E-state index contributed by atoms with van der Waals surface area (Å²) in [6.07, 6.45) is -0.197. The van der Waals surface area contributed by atoms with Crippen molar-refractivity contribution in [2.75, 3.05) is 0 Å². The van der Waals surface area contributed by atoms with E-state index in [0.717, 1.165) is 50.1 Å². The molecule has 0 saturated carbocycles. The van der Waals surface area contributed by atoms with Crippen LogP contribution in [0.15, 0.2) is 48.5 Å². The highest BCUT2D eigenvalue weighted by molar-refractivity contribution is 5.79. The maximum atomic E-state index is 15.6. The molecule has 0 atom stereocenters. The number of esters is 1. The van der Waals surface area contributed by atoms with Crippen molar-refractivity contribution in [3.8, 4) is 28.7 Å². The molecule has 6 nitrogen and oxygen atoms in total. The third kappa shape index (κ3) is 10.9. The molecule has 4 N–H and O–H groups in total. The highest BCUT2D eigenvalue weighted by Crippen LogP contribution is 2.54.